The Morgan fingerprint density at radius 3 is 3.10 bits per heavy atom. The molecule has 3 aromatic rings. The van der Waals surface area contributed by atoms with Gasteiger partial charge in [0.25, 0.3) is 5.91 Å². The fraction of sp³-hybridized carbons (Fsp3) is 0.200. The summed E-state index contributed by atoms with van der Waals surface area (Å²) in [6, 6.07) is 7.68. The van der Waals surface area contributed by atoms with Gasteiger partial charge in [0, 0.05) is 47.9 Å². The van der Waals surface area contributed by atoms with Gasteiger partial charge < -0.3 is 9.30 Å². The predicted molar refractivity (Wildman–Crippen MR) is 83.9 cm³/mol. The number of rotatable bonds is 5. The lowest BCUT2D eigenvalue weighted by atomic mass is 10.1. The Balaban J connectivity index is 1.92. The van der Waals surface area contributed by atoms with E-state index in [1.54, 1.807) is 13.3 Å². The molecule has 0 spiro atoms. The van der Waals surface area contributed by atoms with E-state index in [0.29, 0.717) is 17.3 Å². The van der Waals surface area contributed by atoms with Crippen LogP contribution in [0, 0.1) is 0 Å². The summed E-state index contributed by atoms with van der Waals surface area (Å²) in [5.41, 5.74) is 1.68. The molecular formula is C15H15N3O2S. The quantitative estimate of drug-likeness (QED) is 0.788. The van der Waals surface area contributed by atoms with Gasteiger partial charge in [-0.1, -0.05) is 6.07 Å². The summed E-state index contributed by atoms with van der Waals surface area (Å²) in [4.78, 5) is 16.4. The van der Waals surface area contributed by atoms with E-state index in [9.17, 15) is 4.79 Å². The molecule has 1 amide bonds. The minimum absolute atomic E-state index is 0.139. The Kier molecular flexibility index (Phi) is 3.98. The van der Waals surface area contributed by atoms with Crippen molar-refractivity contribution in [1.29, 1.82) is 0 Å². The van der Waals surface area contributed by atoms with Gasteiger partial charge in [-0.3, -0.25) is 10.1 Å². The number of carbonyl (C=O) groups is 1. The van der Waals surface area contributed by atoms with Crippen molar-refractivity contribution in [3.05, 3.63) is 47.6 Å². The molecule has 21 heavy (non-hydrogen) atoms. The van der Waals surface area contributed by atoms with Gasteiger partial charge in [0.1, 0.15) is 0 Å². The van der Waals surface area contributed by atoms with Crippen LogP contribution in [0.2, 0.25) is 0 Å². The van der Waals surface area contributed by atoms with Crippen molar-refractivity contribution in [3.63, 3.8) is 0 Å². The Bertz CT molecular complexity index is 749. The summed E-state index contributed by atoms with van der Waals surface area (Å²) in [6.07, 6.45) is 3.64. The summed E-state index contributed by atoms with van der Waals surface area (Å²) >= 11 is 1.40. The summed E-state index contributed by atoms with van der Waals surface area (Å²) in [6.45, 7) is 1.40. The number of amides is 1. The SMILES string of the molecule is COCCn1ccc2c(C(=O)Nc3nccs3)cccc21. The number of carbonyl (C=O) groups excluding carboxylic acids is 1. The first kappa shape index (κ1) is 13.8. The molecular weight excluding hydrogens is 286 g/mol. The van der Waals surface area contributed by atoms with Crippen LogP contribution in [0.4, 0.5) is 5.13 Å². The number of methoxy groups -OCH3 is 1. The lowest BCUT2D eigenvalue weighted by molar-refractivity contribution is 0.102. The largest absolute Gasteiger partial charge is 0.383 e. The average Bonchev–Trinajstić information content (AvgIpc) is 3.14. The van der Waals surface area contributed by atoms with Crippen LogP contribution < -0.4 is 5.32 Å². The average molecular weight is 301 g/mol. The number of anilines is 1. The van der Waals surface area contributed by atoms with E-state index < -0.39 is 0 Å². The van der Waals surface area contributed by atoms with Crippen LogP contribution in [-0.4, -0.2) is 29.2 Å². The molecule has 0 saturated carbocycles. The minimum atomic E-state index is -0.139. The second-order valence-corrected chi connectivity index (χ2v) is 5.43. The third-order valence-electron chi connectivity index (χ3n) is 3.25. The van der Waals surface area contributed by atoms with Crippen LogP contribution in [0.25, 0.3) is 10.9 Å². The maximum Gasteiger partial charge on any atom is 0.258 e. The molecule has 1 aromatic carbocycles. The highest BCUT2D eigenvalue weighted by Gasteiger charge is 2.13. The molecule has 0 unspecified atom stereocenters. The molecule has 5 nitrogen and oxygen atoms in total. The maximum atomic E-state index is 12.4. The van der Waals surface area contributed by atoms with Crippen LogP contribution in [0.3, 0.4) is 0 Å². The number of thiazole rings is 1. The minimum Gasteiger partial charge on any atom is -0.383 e. The van der Waals surface area contributed by atoms with Gasteiger partial charge in [-0.25, -0.2) is 4.98 Å². The number of aromatic nitrogens is 2. The molecule has 2 aromatic heterocycles. The fourth-order valence-electron chi connectivity index (χ4n) is 2.26. The van der Waals surface area contributed by atoms with Crippen molar-refractivity contribution in [2.75, 3.05) is 19.0 Å². The number of nitrogens with zero attached hydrogens (tertiary/aromatic N) is 2. The van der Waals surface area contributed by atoms with Gasteiger partial charge in [-0.2, -0.15) is 0 Å². The highest BCUT2D eigenvalue weighted by Crippen LogP contribution is 2.22. The van der Waals surface area contributed by atoms with Crippen molar-refractivity contribution in [2.45, 2.75) is 6.54 Å². The normalized spacial score (nSPS) is 10.9. The van der Waals surface area contributed by atoms with Crippen molar-refractivity contribution in [1.82, 2.24) is 9.55 Å². The Hall–Kier alpha value is -2.18. The van der Waals surface area contributed by atoms with Crippen molar-refractivity contribution in [2.24, 2.45) is 0 Å². The van der Waals surface area contributed by atoms with E-state index in [-0.39, 0.29) is 5.91 Å². The number of hydrogen-bond donors (Lipinski definition) is 1. The Labute approximate surface area is 126 Å². The van der Waals surface area contributed by atoms with Gasteiger partial charge in [-0.15, -0.1) is 11.3 Å². The lowest BCUT2D eigenvalue weighted by Crippen LogP contribution is -2.12. The number of ether oxygens (including phenoxy) is 1. The van der Waals surface area contributed by atoms with E-state index in [4.69, 9.17) is 4.74 Å². The van der Waals surface area contributed by atoms with Crippen LogP contribution >= 0.6 is 11.3 Å². The van der Waals surface area contributed by atoms with E-state index in [2.05, 4.69) is 14.9 Å². The molecule has 0 atom stereocenters. The molecule has 0 fully saturated rings. The summed E-state index contributed by atoms with van der Waals surface area (Å²) in [7, 11) is 1.68. The fourth-order valence-corrected chi connectivity index (χ4v) is 2.78. The second kappa shape index (κ2) is 6.07. The zero-order valence-corrected chi connectivity index (χ0v) is 12.4. The van der Waals surface area contributed by atoms with E-state index >= 15 is 0 Å². The molecule has 0 aliphatic heterocycles. The van der Waals surface area contributed by atoms with Gasteiger partial charge in [-0.05, 0) is 18.2 Å². The number of hydrogen-bond acceptors (Lipinski definition) is 4. The number of fused-ring (bicyclic) bond motifs is 1. The van der Waals surface area contributed by atoms with E-state index in [1.165, 1.54) is 11.3 Å². The zero-order valence-electron chi connectivity index (χ0n) is 11.6. The lowest BCUT2D eigenvalue weighted by Gasteiger charge is -2.06. The summed E-state index contributed by atoms with van der Waals surface area (Å²) in [5, 5.41) is 6.19. The Morgan fingerprint density at radius 1 is 1.43 bits per heavy atom. The first-order valence-corrected chi connectivity index (χ1v) is 7.45. The molecule has 1 N–H and O–H groups in total. The molecule has 0 bridgehead atoms. The Morgan fingerprint density at radius 2 is 2.33 bits per heavy atom. The molecule has 3 rings (SSSR count). The van der Waals surface area contributed by atoms with Crippen molar-refractivity contribution in [3.8, 4) is 0 Å². The van der Waals surface area contributed by atoms with E-state index in [0.717, 1.165) is 17.4 Å². The van der Waals surface area contributed by atoms with Crippen LogP contribution in [0.15, 0.2) is 42.0 Å². The summed E-state index contributed by atoms with van der Waals surface area (Å²) < 4.78 is 7.19. The second-order valence-electron chi connectivity index (χ2n) is 4.53. The van der Waals surface area contributed by atoms with Gasteiger partial charge in [0.2, 0.25) is 0 Å². The number of nitrogens with one attached hydrogen (secondary N) is 1. The van der Waals surface area contributed by atoms with Crippen LogP contribution in [0.5, 0.6) is 0 Å². The van der Waals surface area contributed by atoms with Crippen LogP contribution in [-0.2, 0) is 11.3 Å². The van der Waals surface area contributed by atoms with Crippen LogP contribution in [0.1, 0.15) is 10.4 Å². The van der Waals surface area contributed by atoms with Gasteiger partial charge in [0.15, 0.2) is 5.13 Å². The third kappa shape index (κ3) is 2.81. The summed E-state index contributed by atoms with van der Waals surface area (Å²) in [5.74, 6) is -0.139. The molecule has 0 aliphatic carbocycles. The smallest absolute Gasteiger partial charge is 0.258 e. The maximum absolute atomic E-state index is 12.4. The molecule has 0 radical (unpaired) electrons. The highest BCUT2D eigenvalue weighted by atomic mass is 32.1. The zero-order chi connectivity index (χ0) is 14.7. The highest BCUT2D eigenvalue weighted by molar-refractivity contribution is 7.13. The first-order chi connectivity index (χ1) is 10.3. The predicted octanol–water partition coefficient (Wildman–Crippen LogP) is 3.00. The third-order valence-corrected chi connectivity index (χ3v) is 3.94. The van der Waals surface area contributed by atoms with Gasteiger partial charge in [0.05, 0.1) is 6.61 Å². The molecule has 2 heterocycles. The van der Waals surface area contributed by atoms with Crippen molar-refractivity contribution >= 4 is 33.3 Å². The standard InChI is InChI=1S/C15H15N3O2S/c1-20-9-8-18-7-5-11-12(3-2-4-13(11)18)14(19)17-15-16-6-10-21-15/h2-7,10H,8-9H2,1H3,(H,16,17,19). The molecule has 6 heteroatoms. The molecule has 108 valence electrons. The monoisotopic (exact) mass is 301 g/mol. The first-order valence-electron chi connectivity index (χ1n) is 6.57. The molecule has 0 aliphatic rings. The topological polar surface area (TPSA) is 56.1 Å². The van der Waals surface area contributed by atoms with Crippen molar-refractivity contribution < 1.29 is 9.53 Å². The number of benzene rings is 1. The van der Waals surface area contributed by atoms with Gasteiger partial charge >= 0.3 is 0 Å². The molecule has 0 saturated heterocycles. The van der Waals surface area contributed by atoms with E-state index in [1.807, 2.05) is 35.8 Å².